The molecule has 1 aliphatic heterocycles. The highest BCUT2D eigenvalue weighted by atomic mass is 19.1. The van der Waals surface area contributed by atoms with Crippen LogP contribution in [-0.4, -0.2) is 9.97 Å². The zero-order valence-corrected chi connectivity index (χ0v) is 9.21. The van der Waals surface area contributed by atoms with Crippen molar-refractivity contribution in [2.75, 3.05) is 11.1 Å². The fraction of sp³-hybridized carbons (Fsp3) is 0.0909. The third kappa shape index (κ3) is 1.75. The van der Waals surface area contributed by atoms with Crippen molar-refractivity contribution in [1.29, 1.82) is 0 Å². The van der Waals surface area contributed by atoms with Gasteiger partial charge in [-0.2, -0.15) is 5.11 Å². The lowest BCUT2D eigenvalue weighted by Crippen LogP contribution is -2.09. The molecular formula is C11H9FN6. The Morgan fingerprint density at radius 2 is 1.94 bits per heavy atom. The molecule has 18 heavy (non-hydrogen) atoms. The summed E-state index contributed by atoms with van der Waals surface area (Å²) < 4.78 is 12.8. The average molecular weight is 244 g/mol. The van der Waals surface area contributed by atoms with Crippen LogP contribution in [0.3, 0.4) is 0 Å². The van der Waals surface area contributed by atoms with Crippen molar-refractivity contribution in [1.82, 2.24) is 9.97 Å². The van der Waals surface area contributed by atoms with Gasteiger partial charge >= 0.3 is 0 Å². The molecule has 0 bridgehead atoms. The molecular weight excluding hydrogens is 235 g/mol. The van der Waals surface area contributed by atoms with E-state index in [4.69, 9.17) is 5.73 Å². The van der Waals surface area contributed by atoms with Crippen LogP contribution < -0.4 is 11.1 Å². The largest absolute Gasteiger partial charge is 0.383 e. The standard InChI is InChI=1S/C11H9FN6/c12-6-1-3-7(4-2-6)16-11-8-9(13)14-5-15-10(8)17-18-11/h1-5,11,16H,(H2,13,14,15)/t11-/m0/s1. The maximum absolute atomic E-state index is 12.8. The molecule has 2 heterocycles. The van der Waals surface area contributed by atoms with Crippen molar-refractivity contribution < 1.29 is 4.39 Å². The van der Waals surface area contributed by atoms with Gasteiger partial charge in [0.05, 0.1) is 5.56 Å². The van der Waals surface area contributed by atoms with Crippen LogP contribution in [0.5, 0.6) is 0 Å². The van der Waals surface area contributed by atoms with Crippen LogP contribution in [0.1, 0.15) is 11.7 Å². The van der Waals surface area contributed by atoms with Gasteiger partial charge in [0.1, 0.15) is 18.0 Å². The van der Waals surface area contributed by atoms with Gasteiger partial charge < -0.3 is 11.1 Å². The third-order valence-corrected chi connectivity index (χ3v) is 2.58. The molecule has 3 rings (SSSR count). The topological polar surface area (TPSA) is 88.5 Å². The van der Waals surface area contributed by atoms with Crippen LogP contribution in [0.4, 0.5) is 21.7 Å². The van der Waals surface area contributed by atoms with E-state index in [1.165, 1.54) is 18.5 Å². The molecule has 90 valence electrons. The number of nitrogens with one attached hydrogen (secondary N) is 1. The van der Waals surface area contributed by atoms with Crippen LogP contribution in [-0.2, 0) is 0 Å². The number of fused-ring (bicyclic) bond motifs is 1. The molecule has 2 aromatic rings. The molecule has 0 saturated carbocycles. The van der Waals surface area contributed by atoms with Crippen LogP contribution in [0.25, 0.3) is 0 Å². The minimum absolute atomic E-state index is 0.295. The van der Waals surface area contributed by atoms with Gasteiger partial charge in [0, 0.05) is 5.69 Å². The van der Waals surface area contributed by atoms with Crippen LogP contribution >= 0.6 is 0 Å². The maximum atomic E-state index is 12.8. The number of azo groups is 1. The first kappa shape index (κ1) is 10.6. The van der Waals surface area contributed by atoms with Gasteiger partial charge in [-0.25, -0.2) is 14.4 Å². The molecule has 0 saturated heterocycles. The molecule has 6 nitrogen and oxygen atoms in total. The Hall–Kier alpha value is -2.57. The van der Waals surface area contributed by atoms with E-state index < -0.39 is 6.17 Å². The minimum atomic E-state index is -0.438. The Labute approximate surface area is 102 Å². The Balaban J connectivity index is 1.89. The van der Waals surface area contributed by atoms with E-state index in [1.807, 2.05) is 0 Å². The van der Waals surface area contributed by atoms with E-state index in [9.17, 15) is 4.39 Å². The summed E-state index contributed by atoms with van der Waals surface area (Å²) in [6.07, 6.45) is 0.902. The van der Waals surface area contributed by atoms with Crippen molar-refractivity contribution in [3.63, 3.8) is 0 Å². The number of nitrogens with zero attached hydrogens (tertiary/aromatic N) is 4. The number of rotatable bonds is 2. The molecule has 1 aromatic carbocycles. The molecule has 0 unspecified atom stereocenters. The Bertz CT molecular complexity index is 609. The number of anilines is 2. The van der Waals surface area contributed by atoms with Crippen molar-refractivity contribution in [2.45, 2.75) is 6.17 Å². The van der Waals surface area contributed by atoms with Crippen LogP contribution in [0.2, 0.25) is 0 Å². The number of nitrogens with two attached hydrogens (primary N) is 1. The molecule has 7 heteroatoms. The third-order valence-electron chi connectivity index (χ3n) is 2.58. The number of hydrogen-bond acceptors (Lipinski definition) is 6. The summed E-state index contributed by atoms with van der Waals surface area (Å²) in [5.41, 5.74) is 7.13. The van der Waals surface area contributed by atoms with Crippen LogP contribution in [0.15, 0.2) is 40.8 Å². The van der Waals surface area contributed by atoms with Gasteiger partial charge in [0.15, 0.2) is 12.0 Å². The second-order valence-corrected chi connectivity index (χ2v) is 3.77. The summed E-state index contributed by atoms with van der Waals surface area (Å²) in [5.74, 6) is 0.503. The summed E-state index contributed by atoms with van der Waals surface area (Å²) in [6.45, 7) is 0. The summed E-state index contributed by atoms with van der Waals surface area (Å²) in [5, 5.41) is 11.0. The Morgan fingerprint density at radius 1 is 1.17 bits per heavy atom. The molecule has 0 fully saturated rings. The molecule has 0 amide bonds. The number of benzene rings is 1. The Morgan fingerprint density at radius 3 is 2.72 bits per heavy atom. The van der Waals surface area contributed by atoms with Gasteiger partial charge in [0.2, 0.25) is 0 Å². The first-order valence-electron chi connectivity index (χ1n) is 5.27. The van der Waals surface area contributed by atoms with Crippen molar-refractivity contribution in [3.8, 4) is 0 Å². The Kier molecular flexibility index (Phi) is 2.36. The number of hydrogen-bond donors (Lipinski definition) is 2. The quantitative estimate of drug-likeness (QED) is 0.848. The zero-order valence-electron chi connectivity index (χ0n) is 9.21. The minimum Gasteiger partial charge on any atom is -0.383 e. The SMILES string of the molecule is Nc1ncnc2c1[C@@H](Nc1ccc(F)cc1)N=N2. The smallest absolute Gasteiger partial charge is 0.186 e. The summed E-state index contributed by atoms with van der Waals surface area (Å²) >= 11 is 0. The lowest BCUT2D eigenvalue weighted by atomic mass is 10.2. The highest BCUT2D eigenvalue weighted by Crippen LogP contribution is 2.36. The predicted octanol–water partition coefficient (Wildman–Crippen LogP) is 2.41. The molecule has 0 radical (unpaired) electrons. The predicted molar refractivity (Wildman–Crippen MR) is 63.7 cm³/mol. The van der Waals surface area contributed by atoms with Gasteiger partial charge in [-0.05, 0) is 24.3 Å². The normalized spacial score (nSPS) is 16.6. The average Bonchev–Trinajstić information content (AvgIpc) is 2.77. The van der Waals surface area contributed by atoms with E-state index in [-0.39, 0.29) is 5.82 Å². The van der Waals surface area contributed by atoms with Gasteiger partial charge in [-0.3, -0.25) is 0 Å². The highest BCUT2D eigenvalue weighted by molar-refractivity contribution is 5.58. The van der Waals surface area contributed by atoms with Gasteiger partial charge in [-0.1, -0.05) is 0 Å². The van der Waals surface area contributed by atoms with Crippen LogP contribution in [0, 0.1) is 5.82 Å². The number of aromatic nitrogens is 2. The summed E-state index contributed by atoms with van der Waals surface area (Å²) in [7, 11) is 0. The highest BCUT2D eigenvalue weighted by Gasteiger charge is 2.25. The zero-order chi connectivity index (χ0) is 12.5. The monoisotopic (exact) mass is 244 g/mol. The number of nitrogen functional groups attached to an aromatic ring is 1. The van der Waals surface area contributed by atoms with E-state index in [1.54, 1.807) is 12.1 Å². The molecule has 1 atom stereocenters. The van der Waals surface area contributed by atoms with E-state index in [0.29, 0.717) is 17.2 Å². The molecule has 0 spiro atoms. The van der Waals surface area contributed by atoms with Crippen molar-refractivity contribution >= 4 is 17.3 Å². The van der Waals surface area contributed by atoms with Gasteiger partial charge in [-0.15, -0.1) is 5.11 Å². The molecule has 1 aromatic heterocycles. The number of halogens is 1. The summed E-state index contributed by atoms with van der Waals surface area (Å²) in [6, 6.07) is 5.95. The van der Waals surface area contributed by atoms with E-state index >= 15 is 0 Å². The fourth-order valence-corrected chi connectivity index (χ4v) is 1.72. The molecule has 3 N–H and O–H groups in total. The first-order valence-corrected chi connectivity index (χ1v) is 5.27. The van der Waals surface area contributed by atoms with Crippen molar-refractivity contribution in [2.24, 2.45) is 10.2 Å². The fourth-order valence-electron chi connectivity index (χ4n) is 1.72. The first-order chi connectivity index (χ1) is 8.74. The van der Waals surface area contributed by atoms with E-state index in [2.05, 4.69) is 25.5 Å². The second-order valence-electron chi connectivity index (χ2n) is 3.77. The molecule has 1 aliphatic rings. The maximum Gasteiger partial charge on any atom is 0.186 e. The van der Waals surface area contributed by atoms with Gasteiger partial charge in [0.25, 0.3) is 0 Å². The lowest BCUT2D eigenvalue weighted by Gasteiger charge is -2.12. The van der Waals surface area contributed by atoms with E-state index in [0.717, 1.165) is 5.69 Å². The lowest BCUT2D eigenvalue weighted by molar-refractivity contribution is 0.628. The second kappa shape index (κ2) is 4.02. The molecule has 0 aliphatic carbocycles. The van der Waals surface area contributed by atoms with Crippen molar-refractivity contribution in [3.05, 3.63) is 42.0 Å². The summed E-state index contributed by atoms with van der Waals surface area (Å²) in [4.78, 5) is 7.88.